The zero-order valence-corrected chi connectivity index (χ0v) is 34.0. The Balaban J connectivity index is 1.62. The Morgan fingerprint density at radius 1 is 0.673 bits per heavy atom. The van der Waals surface area contributed by atoms with Gasteiger partial charge in [0.2, 0.25) is 0 Å². The molecule has 0 saturated carbocycles. The molecular weight excluding hydrogens is 614 g/mol. The first-order valence-corrected chi connectivity index (χ1v) is 20.5. The average molecular weight is 694 g/mol. The van der Waals surface area contributed by atoms with Crippen molar-refractivity contribution in [3.63, 3.8) is 0 Å². The Hall–Kier alpha value is -1.22. The number of unbranched alkanes of at least 4 members (excludes halogenated alkanes) is 7. The molecule has 0 spiro atoms. The average Bonchev–Trinajstić information content (AvgIpc) is 3.00. The highest BCUT2D eigenvalue weighted by Crippen LogP contribution is 2.41. The highest BCUT2D eigenvalue weighted by Gasteiger charge is 2.48. The quantitative estimate of drug-likeness (QED) is 0.0837. The largest absolute Gasteiger partial charge is 0.462 e. The fourth-order valence-electron chi connectivity index (χ4n) is 8.41. The molecule has 4 atom stereocenters. The molecule has 2 saturated heterocycles. The number of rotatable bonds is 23. The van der Waals surface area contributed by atoms with Crippen molar-refractivity contribution in [2.24, 2.45) is 0 Å². The highest BCUT2D eigenvalue weighted by atomic mass is 16.7. The van der Waals surface area contributed by atoms with E-state index in [2.05, 4.69) is 91.7 Å². The highest BCUT2D eigenvalue weighted by molar-refractivity contribution is 5.69. The van der Waals surface area contributed by atoms with Gasteiger partial charge in [0.25, 0.3) is 0 Å². The van der Waals surface area contributed by atoms with Crippen LogP contribution >= 0.6 is 0 Å². The van der Waals surface area contributed by atoms with Crippen molar-refractivity contribution in [2.45, 2.75) is 252 Å². The van der Waals surface area contributed by atoms with E-state index in [4.69, 9.17) is 14.3 Å². The second-order valence-corrected chi connectivity index (χ2v) is 17.3. The predicted molar refractivity (Wildman–Crippen MR) is 202 cm³/mol. The lowest BCUT2D eigenvalue weighted by Gasteiger charge is -2.54. The minimum Gasteiger partial charge on any atom is -0.462 e. The number of esters is 2. The summed E-state index contributed by atoms with van der Waals surface area (Å²) >= 11 is 0. The number of hydrogen-bond acceptors (Lipinski definition) is 8. The van der Waals surface area contributed by atoms with Gasteiger partial charge in [0.15, 0.2) is 0 Å². The molecule has 49 heavy (non-hydrogen) atoms. The van der Waals surface area contributed by atoms with Crippen LogP contribution in [-0.2, 0) is 23.9 Å². The first kappa shape index (κ1) is 43.9. The Kier molecular flexibility index (Phi) is 19.1. The number of hydrazine groups is 1. The van der Waals surface area contributed by atoms with Crippen molar-refractivity contribution < 1.29 is 23.9 Å². The third kappa shape index (κ3) is 15.1. The summed E-state index contributed by atoms with van der Waals surface area (Å²) in [6.45, 7) is 24.5. The molecule has 0 aromatic carbocycles. The zero-order chi connectivity index (χ0) is 36.7. The van der Waals surface area contributed by atoms with Crippen molar-refractivity contribution in [2.75, 3.05) is 0 Å². The number of carbonyl (C=O) groups excluding carboxylic acids is 2. The van der Waals surface area contributed by atoms with Gasteiger partial charge < -0.3 is 9.47 Å². The second kappa shape index (κ2) is 21.3. The SMILES string of the molecule is CCCCC(CC)NN1C(C)CC(OC(=O)CCCCCCCCC(=O)OC2CC(C)(C)N(OC(CC)CCCC)C(C)(C)C2)CC1(C)C. The Morgan fingerprint density at radius 3 is 1.65 bits per heavy atom. The Labute approximate surface area is 302 Å². The van der Waals surface area contributed by atoms with E-state index in [1.165, 1.54) is 32.1 Å². The van der Waals surface area contributed by atoms with Gasteiger partial charge in [-0.05, 0) is 87.0 Å². The smallest absolute Gasteiger partial charge is 0.306 e. The lowest BCUT2D eigenvalue weighted by atomic mass is 9.80. The van der Waals surface area contributed by atoms with Crippen LogP contribution in [0.25, 0.3) is 0 Å². The maximum Gasteiger partial charge on any atom is 0.306 e. The molecule has 288 valence electrons. The Morgan fingerprint density at radius 2 is 1.16 bits per heavy atom. The summed E-state index contributed by atoms with van der Waals surface area (Å²) < 4.78 is 12.0. The van der Waals surface area contributed by atoms with E-state index in [-0.39, 0.29) is 46.9 Å². The normalized spacial score (nSPS) is 24.0. The molecule has 0 bridgehead atoms. The van der Waals surface area contributed by atoms with Gasteiger partial charge in [0.05, 0.1) is 6.10 Å². The first-order chi connectivity index (χ1) is 23.1. The van der Waals surface area contributed by atoms with Crippen molar-refractivity contribution in [1.82, 2.24) is 15.5 Å². The van der Waals surface area contributed by atoms with Gasteiger partial charge in [-0.15, -0.1) is 0 Å². The molecule has 8 heteroatoms. The minimum absolute atomic E-state index is 0.0204. The Bertz CT molecular complexity index is 935. The molecule has 0 aromatic heterocycles. The summed E-state index contributed by atoms with van der Waals surface area (Å²) in [5.74, 6) is -0.138. The van der Waals surface area contributed by atoms with Gasteiger partial charge >= 0.3 is 11.9 Å². The molecule has 0 amide bonds. The predicted octanol–water partition coefficient (Wildman–Crippen LogP) is 10.2. The third-order valence-electron chi connectivity index (χ3n) is 10.9. The van der Waals surface area contributed by atoms with E-state index < -0.39 is 0 Å². The van der Waals surface area contributed by atoms with Crippen molar-refractivity contribution >= 4 is 11.9 Å². The van der Waals surface area contributed by atoms with Crippen LogP contribution in [0.15, 0.2) is 0 Å². The minimum atomic E-state index is -0.213. The number of piperidine rings is 2. The van der Waals surface area contributed by atoms with Crippen LogP contribution in [0.5, 0.6) is 0 Å². The van der Waals surface area contributed by atoms with E-state index in [0.29, 0.717) is 24.9 Å². The summed E-state index contributed by atoms with van der Waals surface area (Å²) in [4.78, 5) is 32.1. The molecule has 0 radical (unpaired) electrons. The summed E-state index contributed by atoms with van der Waals surface area (Å²) in [7, 11) is 0. The molecule has 1 N–H and O–H groups in total. The van der Waals surface area contributed by atoms with Crippen LogP contribution in [0.3, 0.4) is 0 Å². The van der Waals surface area contributed by atoms with Crippen molar-refractivity contribution in [3.05, 3.63) is 0 Å². The lowest BCUT2D eigenvalue weighted by molar-refractivity contribution is -0.316. The van der Waals surface area contributed by atoms with Crippen LogP contribution in [0.4, 0.5) is 0 Å². The van der Waals surface area contributed by atoms with E-state index in [9.17, 15) is 9.59 Å². The third-order valence-corrected chi connectivity index (χ3v) is 10.9. The number of nitrogens with zero attached hydrogens (tertiary/aromatic N) is 2. The van der Waals surface area contributed by atoms with Crippen LogP contribution in [0.1, 0.15) is 205 Å². The number of hydroxylamine groups is 2. The van der Waals surface area contributed by atoms with Crippen LogP contribution in [0, 0.1) is 0 Å². The molecule has 2 fully saturated rings. The van der Waals surface area contributed by atoms with Crippen LogP contribution in [-0.4, -0.2) is 69.0 Å². The summed E-state index contributed by atoms with van der Waals surface area (Å²) in [5.41, 5.74) is 3.33. The van der Waals surface area contributed by atoms with Gasteiger partial charge in [0.1, 0.15) is 12.2 Å². The fourth-order valence-corrected chi connectivity index (χ4v) is 8.41. The summed E-state index contributed by atoms with van der Waals surface area (Å²) in [5, 5.41) is 4.63. The van der Waals surface area contributed by atoms with Crippen LogP contribution in [0.2, 0.25) is 0 Å². The second-order valence-electron chi connectivity index (χ2n) is 17.3. The van der Waals surface area contributed by atoms with Crippen LogP contribution < -0.4 is 5.43 Å². The van der Waals surface area contributed by atoms with Gasteiger partial charge in [0, 0.05) is 67.2 Å². The van der Waals surface area contributed by atoms with E-state index >= 15 is 0 Å². The maximum absolute atomic E-state index is 12.8. The molecule has 2 heterocycles. The standard InChI is InChI=1S/C41H79N3O5/c1-12-16-24-33(14-3)42-43-32(5)28-35(29-39(43,6)7)47-37(45)26-22-20-18-19-21-23-27-38(46)48-36-30-40(8,9)44(41(10,11)31-36)49-34(15-4)25-17-13-2/h32-36,42H,12-31H2,1-11H3. The van der Waals surface area contributed by atoms with E-state index in [1.807, 2.05) is 0 Å². The van der Waals surface area contributed by atoms with Crippen molar-refractivity contribution in [1.29, 1.82) is 0 Å². The van der Waals surface area contributed by atoms with Crippen molar-refractivity contribution in [3.8, 4) is 0 Å². The fraction of sp³-hybridized carbons (Fsp3) is 0.951. The molecule has 2 rings (SSSR count). The molecule has 0 aromatic rings. The number of nitrogens with one attached hydrogen (secondary N) is 1. The van der Waals surface area contributed by atoms with Gasteiger partial charge in [-0.1, -0.05) is 79.1 Å². The van der Waals surface area contributed by atoms with Gasteiger partial charge in [-0.3, -0.25) is 19.9 Å². The summed E-state index contributed by atoms with van der Waals surface area (Å²) in [6.07, 6.45) is 19.5. The monoisotopic (exact) mass is 694 g/mol. The molecule has 0 aliphatic carbocycles. The molecule has 8 nitrogen and oxygen atoms in total. The lowest BCUT2D eigenvalue weighted by Crippen LogP contribution is -2.63. The first-order valence-electron chi connectivity index (χ1n) is 20.5. The number of hydrogen-bond donors (Lipinski definition) is 1. The number of carbonyl (C=O) groups is 2. The topological polar surface area (TPSA) is 80.3 Å². The molecular formula is C41H79N3O5. The molecule has 2 aliphatic heterocycles. The van der Waals surface area contributed by atoms with Gasteiger partial charge in [-0.2, -0.15) is 5.06 Å². The van der Waals surface area contributed by atoms with E-state index in [1.54, 1.807) is 0 Å². The van der Waals surface area contributed by atoms with E-state index in [0.717, 1.165) is 83.5 Å². The zero-order valence-electron chi connectivity index (χ0n) is 34.0. The molecule has 4 unspecified atom stereocenters. The maximum atomic E-state index is 12.8. The van der Waals surface area contributed by atoms with Gasteiger partial charge in [-0.25, -0.2) is 5.01 Å². The number of ether oxygens (including phenoxy) is 2. The summed E-state index contributed by atoms with van der Waals surface area (Å²) in [6, 6.07) is 0.812. The molecule has 2 aliphatic rings.